The molecule has 0 radical (unpaired) electrons. The van der Waals surface area contributed by atoms with Crippen LogP contribution in [0.3, 0.4) is 0 Å². The van der Waals surface area contributed by atoms with Crippen LogP contribution in [0.5, 0.6) is 0 Å². The lowest BCUT2D eigenvalue weighted by molar-refractivity contribution is -0.157. The number of aliphatic carboxylic acids is 1. The molecule has 1 unspecified atom stereocenters. The molecular weight excluding hydrogens is 212 g/mol. The predicted octanol–water partition coefficient (Wildman–Crippen LogP) is -0.152. The molecule has 0 aromatic carbocycles. The van der Waals surface area contributed by atoms with Gasteiger partial charge in [-0.15, -0.1) is 0 Å². The molecule has 0 aromatic heterocycles. The second-order valence-electron chi connectivity index (χ2n) is 4.66. The summed E-state index contributed by atoms with van der Waals surface area (Å²) < 4.78 is 5.04. The van der Waals surface area contributed by atoms with Crippen molar-refractivity contribution >= 4 is 11.9 Å². The van der Waals surface area contributed by atoms with Crippen LogP contribution in [0.4, 0.5) is 0 Å². The largest absolute Gasteiger partial charge is 0.480 e. The first-order chi connectivity index (χ1) is 7.13. The Bertz CT molecular complexity index is 260. The zero-order valence-corrected chi connectivity index (χ0v) is 9.90. The molecule has 16 heavy (non-hydrogen) atoms. The van der Waals surface area contributed by atoms with Crippen molar-refractivity contribution in [2.24, 2.45) is 11.5 Å². The van der Waals surface area contributed by atoms with Gasteiger partial charge in [-0.25, -0.2) is 0 Å². The Kier molecular flexibility index (Phi) is 5.40. The molecule has 0 aliphatic rings. The Morgan fingerprint density at radius 2 is 1.62 bits per heavy atom. The van der Waals surface area contributed by atoms with Gasteiger partial charge in [0, 0.05) is 0 Å². The van der Waals surface area contributed by atoms with Gasteiger partial charge in [0.2, 0.25) is 0 Å². The fourth-order valence-corrected chi connectivity index (χ4v) is 0.978. The Morgan fingerprint density at radius 1 is 1.19 bits per heavy atom. The van der Waals surface area contributed by atoms with Crippen molar-refractivity contribution in [3.05, 3.63) is 0 Å². The lowest BCUT2D eigenvalue weighted by Crippen LogP contribution is -2.39. The summed E-state index contributed by atoms with van der Waals surface area (Å²) in [5.74, 6) is -1.64. The van der Waals surface area contributed by atoms with Crippen LogP contribution < -0.4 is 11.5 Å². The first-order valence-corrected chi connectivity index (χ1v) is 5.10. The van der Waals surface area contributed by atoms with Crippen LogP contribution in [-0.4, -0.2) is 34.7 Å². The molecular formula is C10H20N2O4. The summed E-state index contributed by atoms with van der Waals surface area (Å²) in [6.45, 7) is 5.21. The molecule has 0 saturated heterocycles. The van der Waals surface area contributed by atoms with E-state index >= 15 is 0 Å². The summed E-state index contributed by atoms with van der Waals surface area (Å²) in [5, 5.41) is 8.54. The average molecular weight is 232 g/mol. The third-order valence-corrected chi connectivity index (χ3v) is 1.82. The molecule has 5 N–H and O–H groups in total. The molecule has 0 bridgehead atoms. The predicted molar refractivity (Wildman–Crippen MR) is 58.7 cm³/mol. The third-order valence-electron chi connectivity index (χ3n) is 1.82. The van der Waals surface area contributed by atoms with Crippen molar-refractivity contribution in [3.63, 3.8) is 0 Å². The van der Waals surface area contributed by atoms with Crippen molar-refractivity contribution in [2.75, 3.05) is 0 Å². The van der Waals surface area contributed by atoms with E-state index in [9.17, 15) is 9.59 Å². The maximum atomic E-state index is 11.4. The monoisotopic (exact) mass is 232 g/mol. The molecule has 0 rings (SSSR count). The zero-order valence-electron chi connectivity index (χ0n) is 9.90. The van der Waals surface area contributed by atoms with Gasteiger partial charge in [-0.2, -0.15) is 0 Å². The van der Waals surface area contributed by atoms with Gasteiger partial charge in [-0.1, -0.05) is 0 Å². The van der Waals surface area contributed by atoms with Crippen LogP contribution >= 0.6 is 0 Å². The van der Waals surface area contributed by atoms with Gasteiger partial charge in [0.1, 0.15) is 17.7 Å². The van der Waals surface area contributed by atoms with E-state index in [2.05, 4.69) is 0 Å². The van der Waals surface area contributed by atoms with Crippen molar-refractivity contribution < 1.29 is 19.4 Å². The molecule has 2 atom stereocenters. The van der Waals surface area contributed by atoms with Gasteiger partial charge < -0.3 is 21.3 Å². The average Bonchev–Trinajstić information content (AvgIpc) is 2.10. The number of hydrogen-bond donors (Lipinski definition) is 3. The first-order valence-electron chi connectivity index (χ1n) is 5.10. The molecule has 0 aliphatic carbocycles. The van der Waals surface area contributed by atoms with Crippen LogP contribution in [-0.2, 0) is 14.3 Å². The second kappa shape index (κ2) is 5.81. The van der Waals surface area contributed by atoms with Crippen LogP contribution in [0.25, 0.3) is 0 Å². The number of carboxylic acid groups (broad SMARTS) is 1. The summed E-state index contributed by atoms with van der Waals surface area (Å²) in [7, 11) is 0. The highest BCUT2D eigenvalue weighted by atomic mass is 16.6. The molecule has 0 spiro atoms. The van der Waals surface area contributed by atoms with Crippen LogP contribution in [0.15, 0.2) is 0 Å². The first kappa shape index (κ1) is 14.9. The third kappa shape index (κ3) is 6.36. The Labute approximate surface area is 94.9 Å². The minimum absolute atomic E-state index is 0.149. The van der Waals surface area contributed by atoms with Crippen LogP contribution in [0.2, 0.25) is 0 Å². The SMILES string of the molecule is CC(C)(C)OC(=O)C(N)CC[C@@H](N)C(=O)O. The summed E-state index contributed by atoms with van der Waals surface area (Å²) >= 11 is 0. The number of carboxylic acids is 1. The molecule has 94 valence electrons. The van der Waals surface area contributed by atoms with Crippen molar-refractivity contribution in [2.45, 2.75) is 51.3 Å². The fraction of sp³-hybridized carbons (Fsp3) is 0.800. The van der Waals surface area contributed by atoms with Gasteiger partial charge in [-0.05, 0) is 33.6 Å². The molecule has 0 heterocycles. The van der Waals surface area contributed by atoms with E-state index in [1.807, 2.05) is 0 Å². The maximum absolute atomic E-state index is 11.4. The number of carbonyl (C=O) groups is 2. The molecule has 0 saturated carbocycles. The highest BCUT2D eigenvalue weighted by Gasteiger charge is 2.23. The lowest BCUT2D eigenvalue weighted by atomic mass is 10.1. The van der Waals surface area contributed by atoms with Gasteiger partial charge in [0.25, 0.3) is 0 Å². The van der Waals surface area contributed by atoms with Crippen molar-refractivity contribution in [3.8, 4) is 0 Å². The molecule has 6 heteroatoms. The van der Waals surface area contributed by atoms with Gasteiger partial charge in [0.15, 0.2) is 0 Å². The molecule has 0 fully saturated rings. The summed E-state index contributed by atoms with van der Waals surface area (Å²) in [6.07, 6.45) is 0.345. The number of carbonyl (C=O) groups excluding carboxylic acids is 1. The van der Waals surface area contributed by atoms with Gasteiger partial charge >= 0.3 is 11.9 Å². The minimum atomic E-state index is -1.10. The number of hydrogen-bond acceptors (Lipinski definition) is 5. The minimum Gasteiger partial charge on any atom is -0.480 e. The smallest absolute Gasteiger partial charge is 0.323 e. The molecule has 0 aromatic rings. The van der Waals surface area contributed by atoms with E-state index in [-0.39, 0.29) is 12.8 Å². The number of nitrogens with two attached hydrogens (primary N) is 2. The normalized spacial score (nSPS) is 15.3. The van der Waals surface area contributed by atoms with Crippen molar-refractivity contribution in [1.29, 1.82) is 0 Å². The van der Waals surface area contributed by atoms with Gasteiger partial charge in [0.05, 0.1) is 0 Å². The number of ether oxygens (including phenoxy) is 1. The quantitative estimate of drug-likeness (QED) is 0.567. The number of rotatable bonds is 5. The molecule has 0 aliphatic heterocycles. The topological polar surface area (TPSA) is 116 Å². The van der Waals surface area contributed by atoms with Gasteiger partial charge in [-0.3, -0.25) is 9.59 Å². The molecule has 6 nitrogen and oxygen atoms in total. The summed E-state index contributed by atoms with van der Waals surface area (Å²) in [5.41, 5.74) is 10.2. The van der Waals surface area contributed by atoms with E-state index in [1.54, 1.807) is 20.8 Å². The fourth-order valence-electron chi connectivity index (χ4n) is 0.978. The lowest BCUT2D eigenvalue weighted by Gasteiger charge is -2.22. The van der Waals surface area contributed by atoms with Crippen molar-refractivity contribution in [1.82, 2.24) is 0 Å². The number of esters is 1. The van der Waals surface area contributed by atoms with E-state index in [1.165, 1.54) is 0 Å². The Hall–Kier alpha value is -1.14. The van der Waals surface area contributed by atoms with E-state index in [0.29, 0.717) is 0 Å². The second-order valence-corrected chi connectivity index (χ2v) is 4.66. The Balaban J connectivity index is 4.02. The molecule has 0 amide bonds. The van der Waals surface area contributed by atoms with Crippen LogP contribution in [0.1, 0.15) is 33.6 Å². The summed E-state index contributed by atoms with van der Waals surface area (Å²) in [6, 6.07) is -1.82. The Morgan fingerprint density at radius 3 is 2.00 bits per heavy atom. The van der Waals surface area contributed by atoms with Crippen LogP contribution in [0, 0.1) is 0 Å². The zero-order chi connectivity index (χ0) is 12.9. The van der Waals surface area contributed by atoms with E-state index in [0.717, 1.165) is 0 Å². The maximum Gasteiger partial charge on any atom is 0.323 e. The summed E-state index contributed by atoms with van der Waals surface area (Å²) in [4.78, 5) is 21.8. The highest BCUT2D eigenvalue weighted by Crippen LogP contribution is 2.10. The standard InChI is InChI=1S/C10H20N2O4/c1-10(2,3)16-9(15)7(12)5-4-6(11)8(13)14/h6-7H,4-5,11-12H2,1-3H3,(H,13,14)/t6-,7?/m1/s1. The highest BCUT2D eigenvalue weighted by molar-refractivity contribution is 5.76. The van der Waals surface area contributed by atoms with E-state index < -0.39 is 29.6 Å². The van der Waals surface area contributed by atoms with E-state index in [4.69, 9.17) is 21.3 Å².